The number of nitrogens with zero attached hydrogens (tertiary/aromatic N) is 3. The van der Waals surface area contributed by atoms with E-state index < -0.39 is 4.92 Å². The monoisotopic (exact) mass is 275 g/mol. The number of aliphatic hydroxyl groups is 1. The largest absolute Gasteiger partial charge is 0.481 e. The summed E-state index contributed by atoms with van der Waals surface area (Å²) in [6.45, 7) is 0.420. The lowest BCUT2D eigenvalue weighted by Crippen LogP contribution is -2.30. The van der Waals surface area contributed by atoms with Crippen LogP contribution in [-0.2, 0) is 0 Å². The Balaban J connectivity index is 3.18. The summed E-state index contributed by atoms with van der Waals surface area (Å²) in [5.41, 5.74) is -0.144. The van der Waals surface area contributed by atoms with Crippen LogP contribution in [0.25, 0.3) is 0 Å². The molecule has 0 amide bonds. The lowest BCUT2D eigenvalue weighted by molar-refractivity contribution is -0.384. The van der Waals surface area contributed by atoms with Gasteiger partial charge in [0.15, 0.2) is 0 Å². The smallest absolute Gasteiger partial charge is 0.311 e. The van der Waals surface area contributed by atoms with E-state index in [1.165, 1.54) is 19.2 Å². The molecule has 100 valence electrons. The summed E-state index contributed by atoms with van der Waals surface area (Å²) < 4.78 is 4.94. The van der Waals surface area contributed by atoms with Crippen LogP contribution in [0.1, 0.15) is 0 Å². The van der Waals surface area contributed by atoms with Gasteiger partial charge in [-0.1, -0.05) is 0 Å². The lowest BCUT2D eigenvalue weighted by atomic mass is 10.3. The number of alkyl halides is 1. The Hall–Kier alpha value is -1.60. The summed E-state index contributed by atoms with van der Waals surface area (Å²) in [7, 11) is 1.43. The van der Waals surface area contributed by atoms with Crippen molar-refractivity contribution in [2.75, 3.05) is 37.6 Å². The van der Waals surface area contributed by atoms with Gasteiger partial charge in [-0.15, -0.1) is 11.6 Å². The lowest BCUT2D eigenvalue weighted by Gasteiger charge is -2.21. The first-order chi connectivity index (χ1) is 8.63. The Morgan fingerprint density at radius 3 is 2.78 bits per heavy atom. The van der Waals surface area contributed by atoms with E-state index in [2.05, 4.69) is 4.98 Å². The number of ether oxygens (including phenoxy) is 1. The maximum Gasteiger partial charge on any atom is 0.311 e. The van der Waals surface area contributed by atoms with E-state index in [9.17, 15) is 10.1 Å². The first-order valence-electron chi connectivity index (χ1n) is 5.25. The molecule has 0 aliphatic rings. The van der Waals surface area contributed by atoms with Gasteiger partial charge < -0.3 is 14.7 Å². The minimum absolute atomic E-state index is 0.144. The third kappa shape index (κ3) is 3.44. The molecule has 7 nitrogen and oxygen atoms in total. The number of hydrogen-bond donors (Lipinski definition) is 1. The van der Waals surface area contributed by atoms with Crippen LogP contribution in [0.5, 0.6) is 5.88 Å². The Labute approximate surface area is 109 Å². The van der Waals surface area contributed by atoms with Crippen molar-refractivity contribution in [3.05, 3.63) is 22.2 Å². The summed E-state index contributed by atoms with van der Waals surface area (Å²) in [4.78, 5) is 16.0. The third-order valence-electron chi connectivity index (χ3n) is 2.26. The van der Waals surface area contributed by atoms with Gasteiger partial charge in [-0.3, -0.25) is 10.1 Å². The number of anilines is 1. The molecule has 1 aromatic heterocycles. The van der Waals surface area contributed by atoms with Crippen molar-refractivity contribution in [3.63, 3.8) is 0 Å². The standard InChI is InChI=1S/C10H14ClN3O4/c1-18-9-3-2-8(14(16)17)10(12-9)13(5-4-11)6-7-15/h2-3,15H,4-7H2,1H3. The number of hydrogen-bond acceptors (Lipinski definition) is 6. The average molecular weight is 276 g/mol. The van der Waals surface area contributed by atoms with E-state index in [1.54, 1.807) is 4.90 Å². The highest BCUT2D eigenvalue weighted by Gasteiger charge is 2.21. The molecular weight excluding hydrogens is 262 g/mol. The van der Waals surface area contributed by atoms with Crippen LogP contribution in [0.2, 0.25) is 0 Å². The van der Waals surface area contributed by atoms with Gasteiger partial charge in [-0.05, 0) is 0 Å². The molecule has 0 bridgehead atoms. The second-order valence-electron chi connectivity index (χ2n) is 3.35. The van der Waals surface area contributed by atoms with Crippen LogP contribution in [0.3, 0.4) is 0 Å². The van der Waals surface area contributed by atoms with Crippen LogP contribution in [0.15, 0.2) is 12.1 Å². The first-order valence-corrected chi connectivity index (χ1v) is 5.78. The highest BCUT2D eigenvalue weighted by molar-refractivity contribution is 6.18. The molecule has 1 heterocycles. The van der Waals surface area contributed by atoms with Crippen molar-refractivity contribution < 1.29 is 14.8 Å². The van der Waals surface area contributed by atoms with Crippen molar-refractivity contribution in [3.8, 4) is 5.88 Å². The van der Waals surface area contributed by atoms with E-state index >= 15 is 0 Å². The zero-order valence-electron chi connectivity index (χ0n) is 9.87. The van der Waals surface area contributed by atoms with Crippen LogP contribution in [-0.4, -0.2) is 47.7 Å². The molecule has 0 unspecified atom stereocenters. The maximum absolute atomic E-state index is 10.9. The summed E-state index contributed by atoms with van der Waals surface area (Å²) in [5.74, 6) is 0.693. The molecule has 0 aliphatic carbocycles. The molecule has 1 aromatic rings. The van der Waals surface area contributed by atoms with Crippen molar-refractivity contribution >= 4 is 23.1 Å². The average Bonchev–Trinajstić information content (AvgIpc) is 2.37. The second-order valence-corrected chi connectivity index (χ2v) is 3.73. The summed E-state index contributed by atoms with van der Waals surface area (Å²) in [5, 5.41) is 19.9. The number of halogens is 1. The fourth-order valence-electron chi connectivity index (χ4n) is 1.46. The van der Waals surface area contributed by atoms with Gasteiger partial charge >= 0.3 is 5.69 Å². The van der Waals surface area contributed by atoms with E-state index in [1.807, 2.05) is 0 Å². The molecule has 0 saturated heterocycles. The predicted octanol–water partition coefficient (Wildman–Crippen LogP) is 1.04. The van der Waals surface area contributed by atoms with Gasteiger partial charge in [-0.2, -0.15) is 4.98 Å². The van der Waals surface area contributed by atoms with Crippen LogP contribution >= 0.6 is 11.6 Å². The van der Waals surface area contributed by atoms with Gasteiger partial charge in [0.1, 0.15) is 0 Å². The van der Waals surface area contributed by atoms with E-state index in [-0.39, 0.29) is 36.4 Å². The molecule has 0 atom stereocenters. The Bertz CT molecular complexity index is 410. The quantitative estimate of drug-likeness (QED) is 0.454. The summed E-state index contributed by atoms with van der Waals surface area (Å²) in [6.07, 6.45) is 0. The number of pyridine rings is 1. The molecule has 0 saturated carbocycles. The number of aromatic nitrogens is 1. The molecule has 0 aromatic carbocycles. The van der Waals surface area contributed by atoms with Crippen LogP contribution in [0, 0.1) is 10.1 Å². The fourth-order valence-corrected chi connectivity index (χ4v) is 1.66. The molecule has 18 heavy (non-hydrogen) atoms. The minimum atomic E-state index is -0.527. The topological polar surface area (TPSA) is 88.7 Å². The van der Waals surface area contributed by atoms with Crippen LogP contribution < -0.4 is 9.64 Å². The first kappa shape index (κ1) is 14.5. The van der Waals surface area contributed by atoms with Gasteiger partial charge in [0.05, 0.1) is 18.6 Å². The Morgan fingerprint density at radius 1 is 1.56 bits per heavy atom. The zero-order chi connectivity index (χ0) is 13.5. The van der Waals surface area contributed by atoms with Crippen molar-refractivity contribution in [2.45, 2.75) is 0 Å². The minimum Gasteiger partial charge on any atom is -0.481 e. The molecule has 8 heteroatoms. The highest BCUT2D eigenvalue weighted by atomic mass is 35.5. The third-order valence-corrected chi connectivity index (χ3v) is 2.43. The fraction of sp³-hybridized carbons (Fsp3) is 0.500. The SMILES string of the molecule is COc1ccc([N+](=O)[O-])c(N(CCO)CCCl)n1. The van der Waals surface area contributed by atoms with Crippen molar-refractivity contribution in [2.24, 2.45) is 0 Å². The molecule has 0 spiro atoms. The highest BCUT2D eigenvalue weighted by Crippen LogP contribution is 2.28. The molecule has 1 rings (SSSR count). The maximum atomic E-state index is 10.9. The molecule has 0 radical (unpaired) electrons. The summed E-state index contributed by atoms with van der Waals surface area (Å²) in [6, 6.07) is 2.74. The predicted molar refractivity (Wildman–Crippen MR) is 67.5 cm³/mol. The Morgan fingerprint density at radius 2 is 2.28 bits per heavy atom. The number of nitro groups is 1. The number of aliphatic hydroxyl groups excluding tert-OH is 1. The van der Waals surface area contributed by atoms with E-state index in [0.29, 0.717) is 6.54 Å². The van der Waals surface area contributed by atoms with Crippen LogP contribution in [0.4, 0.5) is 11.5 Å². The molecular formula is C10H14ClN3O4. The van der Waals surface area contributed by atoms with E-state index in [4.69, 9.17) is 21.4 Å². The Kier molecular flexibility index (Phi) is 5.60. The van der Waals surface area contributed by atoms with Crippen molar-refractivity contribution in [1.29, 1.82) is 0 Å². The van der Waals surface area contributed by atoms with Crippen molar-refractivity contribution in [1.82, 2.24) is 4.98 Å². The number of rotatable bonds is 7. The normalized spacial score (nSPS) is 10.2. The number of methoxy groups -OCH3 is 1. The van der Waals surface area contributed by atoms with E-state index in [0.717, 1.165) is 0 Å². The second kappa shape index (κ2) is 6.97. The van der Waals surface area contributed by atoms with Gasteiger partial charge in [0, 0.05) is 31.1 Å². The van der Waals surface area contributed by atoms with Gasteiger partial charge in [-0.25, -0.2) is 0 Å². The molecule has 0 fully saturated rings. The molecule has 0 aliphatic heterocycles. The molecule has 1 N–H and O–H groups in total. The summed E-state index contributed by atoms with van der Waals surface area (Å²) >= 11 is 5.64. The zero-order valence-corrected chi connectivity index (χ0v) is 10.6. The van der Waals surface area contributed by atoms with Gasteiger partial charge in [0.2, 0.25) is 11.7 Å². The van der Waals surface area contributed by atoms with Gasteiger partial charge in [0.25, 0.3) is 0 Å².